The smallest absolute Gasteiger partial charge is 0.185 e. The maximum absolute atomic E-state index is 5.05. The molecule has 0 spiro atoms. The lowest BCUT2D eigenvalue weighted by atomic mass is 10.3. The number of hydrogen-bond acceptors (Lipinski definition) is 4. The summed E-state index contributed by atoms with van der Waals surface area (Å²) in [5, 5.41) is 11.5. The number of nitrogens with one attached hydrogen (secondary N) is 3. The fourth-order valence-corrected chi connectivity index (χ4v) is 1.50. The Labute approximate surface area is 114 Å². The van der Waals surface area contributed by atoms with Gasteiger partial charge in [-0.3, -0.25) is 10.9 Å². The van der Waals surface area contributed by atoms with Gasteiger partial charge >= 0.3 is 0 Å². The molecule has 0 aliphatic rings. The highest BCUT2D eigenvalue weighted by molar-refractivity contribution is 14.1. The molecule has 16 heavy (non-hydrogen) atoms. The molecule has 0 bridgehead atoms. The molecule has 3 N–H and O–H groups in total. The lowest BCUT2D eigenvalue weighted by molar-refractivity contribution is 0.723. The van der Waals surface area contributed by atoms with Crippen molar-refractivity contribution >= 4 is 45.7 Å². The van der Waals surface area contributed by atoms with Crippen molar-refractivity contribution in [3.8, 4) is 0 Å². The highest BCUT2D eigenvalue weighted by Gasteiger charge is 2.01. The molecule has 0 atom stereocenters. The van der Waals surface area contributed by atoms with Gasteiger partial charge in [-0.15, -0.1) is 10.2 Å². The monoisotopic (exact) mass is 351 g/mol. The Bertz CT molecular complexity index is 382. The standard InChI is InChI=1S/C9H14IN5S/c1-5(2)11-9(16)15-13-7-4-6(3)8(10)14-12-7/h4-5H,1-3H3,(H,12,13)(H2,11,15,16). The third-order valence-corrected chi connectivity index (χ3v) is 2.93. The van der Waals surface area contributed by atoms with Crippen LogP contribution in [0.25, 0.3) is 0 Å². The molecule has 5 nitrogen and oxygen atoms in total. The lowest BCUT2D eigenvalue weighted by Crippen LogP contribution is -2.42. The van der Waals surface area contributed by atoms with Gasteiger partial charge in [0.2, 0.25) is 0 Å². The van der Waals surface area contributed by atoms with Crippen molar-refractivity contribution in [1.29, 1.82) is 0 Å². The van der Waals surface area contributed by atoms with E-state index in [0.29, 0.717) is 17.0 Å². The topological polar surface area (TPSA) is 61.9 Å². The van der Waals surface area contributed by atoms with Gasteiger partial charge in [0.05, 0.1) is 0 Å². The minimum atomic E-state index is 0.298. The van der Waals surface area contributed by atoms with Crippen LogP contribution in [-0.2, 0) is 0 Å². The van der Waals surface area contributed by atoms with Gasteiger partial charge in [-0.2, -0.15) is 0 Å². The summed E-state index contributed by atoms with van der Waals surface area (Å²) < 4.78 is 0.894. The van der Waals surface area contributed by atoms with E-state index < -0.39 is 0 Å². The Hall–Kier alpha value is -0.700. The minimum Gasteiger partial charge on any atom is -0.359 e. The van der Waals surface area contributed by atoms with Gasteiger partial charge in [-0.25, -0.2) is 0 Å². The van der Waals surface area contributed by atoms with Crippen LogP contribution in [0.3, 0.4) is 0 Å². The second kappa shape index (κ2) is 6.14. The summed E-state index contributed by atoms with van der Waals surface area (Å²) >= 11 is 7.19. The van der Waals surface area contributed by atoms with E-state index in [4.69, 9.17) is 12.2 Å². The van der Waals surface area contributed by atoms with Crippen molar-refractivity contribution in [2.45, 2.75) is 26.8 Å². The summed E-state index contributed by atoms with van der Waals surface area (Å²) in [5.74, 6) is 0.644. The minimum absolute atomic E-state index is 0.298. The van der Waals surface area contributed by atoms with Crippen LogP contribution in [0.5, 0.6) is 0 Å². The predicted octanol–water partition coefficient (Wildman–Crippen LogP) is 1.59. The largest absolute Gasteiger partial charge is 0.359 e. The summed E-state index contributed by atoms with van der Waals surface area (Å²) in [7, 11) is 0. The third kappa shape index (κ3) is 4.44. The first-order valence-corrected chi connectivity index (χ1v) is 6.30. The highest BCUT2D eigenvalue weighted by Crippen LogP contribution is 2.09. The number of thiocarbonyl (C=S) groups is 1. The Morgan fingerprint density at radius 1 is 1.44 bits per heavy atom. The molecule has 0 radical (unpaired) electrons. The van der Waals surface area contributed by atoms with Crippen LogP contribution >= 0.6 is 34.8 Å². The molecule has 1 aromatic heterocycles. The number of hydrazine groups is 1. The van der Waals surface area contributed by atoms with Crippen molar-refractivity contribution < 1.29 is 0 Å². The van der Waals surface area contributed by atoms with Gasteiger partial charge in [0, 0.05) is 6.04 Å². The average molecular weight is 351 g/mol. The summed E-state index contributed by atoms with van der Waals surface area (Å²) in [5.41, 5.74) is 6.80. The van der Waals surface area contributed by atoms with Crippen molar-refractivity contribution in [3.05, 3.63) is 15.3 Å². The number of aryl methyl sites for hydroxylation is 1. The second-order valence-corrected chi connectivity index (χ2v) is 5.01. The summed E-state index contributed by atoms with van der Waals surface area (Å²) in [6.07, 6.45) is 0. The first-order valence-electron chi connectivity index (χ1n) is 4.81. The van der Waals surface area contributed by atoms with Gasteiger partial charge in [0.15, 0.2) is 10.9 Å². The van der Waals surface area contributed by atoms with Gasteiger partial charge in [-0.1, -0.05) is 0 Å². The zero-order chi connectivity index (χ0) is 12.1. The van der Waals surface area contributed by atoms with Crippen molar-refractivity contribution in [1.82, 2.24) is 20.9 Å². The normalized spacial score (nSPS) is 10.1. The number of aromatic nitrogens is 2. The Morgan fingerprint density at radius 2 is 2.12 bits per heavy atom. The van der Waals surface area contributed by atoms with Gasteiger partial charge in [0.1, 0.15) is 3.70 Å². The molecule has 0 aromatic carbocycles. The molecular weight excluding hydrogens is 337 g/mol. The molecule has 0 saturated heterocycles. The molecule has 1 rings (SSSR count). The summed E-state index contributed by atoms with van der Waals surface area (Å²) in [6, 6.07) is 2.20. The van der Waals surface area contributed by atoms with E-state index in [2.05, 4.69) is 49.0 Å². The summed E-state index contributed by atoms with van der Waals surface area (Å²) in [6.45, 7) is 6.01. The van der Waals surface area contributed by atoms with E-state index in [1.807, 2.05) is 26.8 Å². The fraction of sp³-hybridized carbons (Fsp3) is 0.444. The Morgan fingerprint density at radius 3 is 2.69 bits per heavy atom. The Balaban J connectivity index is 2.48. The summed E-state index contributed by atoms with van der Waals surface area (Å²) in [4.78, 5) is 0. The maximum Gasteiger partial charge on any atom is 0.185 e. The molecule has 0 aliphatic heterocycles. The molecule has 88 valence electrons. The van der Waals surface area contributed by atoms with E-state index in [0.717, 1.165) is 9.26 Å². The van der Waals surface area contributed by atoms with Crippen LogP contribution in [-0.4, -0.2) is 21.4 Å². The zero-order valence-electron chi connectivity index (χ0n) is 9.34. The predicted molar refractivity (Wildman–Crippen MR) is 77.1 cm³/mol. The van der Waals surface area contributed by atoms with Crippen LogP contribution in [0, 0.1) is 10.6 Å². The zero-order valence-corrected chi connectivity index (χ0v) is 12.3. The fourth-order valence-electron chi connectivity index (χ4n) is 0.950. The molecule has 7 heteroatoms. The first kappa shape index (κ1) is 13.4. The lowest BCUT2D eigenvalue weighted by Gasteiger charge is -2.14. The van der Waals surface area contributed by atoms with Crippen LogP contribution in [0.1, 0.15) is 19.4 Å². The van der Waals surface area contributed by atoms with Crippen LogP contribution in [0.15, 0.2) is 6.07 Å². The number of hydrogen-bond donors (Lipinski definition) is 3. The number of nitrogens with zero attached hydrogens (tertiary/aromatic N) is 2. The third-order valence-electron chi connectivity index (χ3n) is 1.65. The van der Waals surface area contributed by atoms with Crippen LogP contribution in [0.4, 0.5) is 5.82 Å². The molecule has 1 heterocycles. The highest BCUT2D eigenvalue weighted by atomic mass is 127. The molecule has 0 amide bonds. The molecule has 0 fully saturated rings. The van der Waals surface area contributed by atoms with E-state index in [1.165, 1.54) is 0 Å². The van der Waals surface area contributed by atoms with Crippen LogP contribution in [0.2, 0.25) is 0 Å². The quantitative estimate of drug-likeness (QED) is 0.437. The van der Waals surface area contributed by atoms with Gasteiger partial charge < -0.3 is 5.32 Å². The molecule has 0 unspecified atom stereocenters. The van der Waals surface area contributed by atoms with E-state index in [9.17, 15) is 0 Å². The SMILES string of the molecule is Cc1cc(NNC(=S)NC(C)C)nnc1I. The maximum atomic E-state index is 5.05. The number of anilines is 1. The van der Waals surface area contributed by atoms with Crippen LogP contribution < -0.4 is 16.2 Å². The number of rotatable bonds is 3. The molecule has 0 aliphatic carbocycles. The van der Waals surface area contributed by atoms with Gasteiger partial charge in [-0.05, 0) is 67.2 Å². The average Bonchev–Trinajstić information content (AvgIpc) is 2.19. The number of halogens is 1. The first-order chi connectivity index (χ1) is 7.49. The molecule has 0 saturated carbocycles. The van der Waals surface area contributed by atoms with Crippen molar-refractivity contribution in [3.63, 3.8) is 0 Å². The van der Waals surface area contributed by atoms with Gasteiger partial charge in [0.25, 0.3) is 0 Å². The molecule has 1 aromatic rings. The van der Waals surface area contributed by atoms with Crippen molar-refractivity contribution in [2.24, 2.45) is 0 Å². The second-order valence-electron chi connectivity index (χ2n) is 3.58. The van der Waals surface area contributed by atoms with E-state index >= 15 is 0 Å². The van der Waals surface area contributed by atoms with E-state index in [1.54, 1.807) is 0 Å². The molecular formula is C9H14IN5S. The Kier molecular flexibility index (Phi) is 5.13. The van der Waals surface area contributed by atoms with Crippen molar-refractivity contribution in [2.75, 3.05) is 5.43 Å². The van der Waals surface area contributed by atoms with E-state index in [-0.39, 0.29) is 0 Å².